The first-order chi connectivity index (χ1) is 6.16. The van der Waals surface area contributed by atoms with Crippen molar-refractivity contribution in [3.8, 4) is 0 Å². The maximum Gasteiger partial charge on any atom is 0 e. The van der Waals surface area contributed by atoms with Crippen molar-refractivity contribution in [2.75, 3.05) is 7.05 Å². The Morgan fingerprint density at radius 2 is 1.71 bits per heavy atom. The van der Waals surface area contributed by atoms with E-state index in [4.69, 9.17) is 0 Å². The summed E-state index contributed by atoms with van der Waals surface area (Å²) in [6.45, 7) is 7.74. The molecule has 0 saturated carbocycles. The van der Waals surface area contributed by atoms with E-state index >= 15 is 0 Å². The number of aryl methyl sites for hydroxylation is 2. The summed E-state index contributed by atoms with van der Waals surface area (Å²) in [6, 6.07) is 3.79. The fourth-order valence-electron chi connectivity index (χ4n) is 0.977. The van der Waals surface area contributed by atoms with Gasteiger partial charge in [-0.05, 0) is 13.8 Å². The van der Waals surface area contributed by atoms with Crippen molar-refractivity contribution in [2.45, 2.75) is 27.7 Å². The SMILES string of the molecule is CC.C[N-]n1c(C)ccc(C)c1=[N-].[Y]. The Balaban J connectivity index is 0. The van der Waals surface area contributed by atoms with Gasteiger partial charge in [0.1, 0.15) is 0 Å². The van der Waals surface area contributed by atoms with Crippen LogP contribution in [0.4, 0.5) is 0 Å². The number of nitrogens with zero attached hydrogens (tertiary/aromatic N) is 3. The Kier molecular flexibility index (Phi) is 9.53. The second-order valence-electron chi connectivity index (χ2n) is 2.49. The molecule has 1 rings (SSSR count). The van der Waals surface area contributed by atoms with Gasteiger partial charge in [-0.25, -0.2) is 0 Å². The summed E-state index contributed by atoms with van der Waals surface area (Å²) >= 11 is 0. The van der Waals surface area contributed by atoms with E-state index in [9.17, 15) is 5.41 Å². The average molecular weight is 268 g/mol. The van der Waals surface area contributed by atoms with Gasteiger partial charge in [0.15, 0.2) is 0 Å². The van der Waals surface area contributed by atoms with E-state index in [0.29, 0.717) is 0 Å². The molecule has 0 unspecified atom stereocenters. The molecule has 14 heavy (non-hydrogen) atoms. The van der Waals surface area contributed by atoms with Gasteiger partial charge in [-0.3, -0.25) is 0 Å². The number of rotatable bonds is 1. The van der Waals surface area contributed by atoms with E-state index in [0.717, 1.165) is 11.3 Å². The summed E-state index contributed by atoms with van der Waals surface area (Å²) < 4.78 is 1.51. The van der Waals surface area contributed by atoms with Gasteiger partial charge in [0.25, 0.3) is 0 Å². The van der Waals surface area contributed by atoms with E-state index in [1.807, 2.05) is 39.8 Å². The molecule has 1 aromatic heterocycles. The van der Waals surface area contributed by atoms with Crippen molar-refractivity contribution >= 4 is 0 Å². The van der Waals surface area contributed by atoms with Crippen molar-refractivity contribution in [2.24, 2.45) is 0 Å². The third-order valence-corrected chi connectivity index (χ3v) is 1.66. The van der Waals surface area contributed by atoms with Gasteiger partial charge in [-0.15, -0.1) is 7.05 Å². The summed E-state index contributed by atoms with van der Waals surface area (Å²) in [5.41, 5.74) is 5.87. The van der Waals surface area contributed by atoms with Gasteiger partial charge in [-0.2, -0.15) is 0 Å². The quantitative estimate of drug-likeness (QED) is 0.750. The van der Waals surface area contributed by atoms with Crippen molar-refractivity contribution in [1.82, 2.24) is 4.68 Å². The number of pyridine rings is 1. The second-order valence-corrected chi connectivity index (χ2v) is 2.49. The molecule has 3 nitrogen and oxygen atoms in total. The maximum atomic E-state index is 9.45. The minimum Gasteiger partial charge on any atom is -0.714 e. The standard InChI is InChI=1S/C8H11N3.C2H6.Y/c1-6-4-5-7(2)11(10-3)8(6)9;1-2;/h4-5H,1-3H3;1-2H3;/q-2;;. The van der Waals surface area contributed by atoms with Crippen LogP contribution < -0.4 is 5.49 Å². The first kappa shape index (κ1) is 16.3. The Morgan fingerprint density at radius 1 is 1.21 bits per heavy atom. The van der Waals surface area contributed by atoms with E-state index < -0.39 is 0 Å². The third kappa shape index (κ3) is 3.93. The van der Waals surface area contributed by atoms with Crippen LogP contribution in [0.3, 0.4) is 0 Å². The van der Waals surface area contributed by atoms with Crippen molar-refractivity contribution in [1.29, 1.82) is 0 Å². The largest absolute Gasteiger partial charge is 0.714 e. The zero-order chi connectivity index (χ0) is 10.4. The predicted molar refractivity (Wildman–Crippen MR) is 56.4 cm³/mol. The monoisotopic (exact) mass is 268 g/mol. The maximum absolute atomic E-state index is 9.45. The number of hydrogen-bond donors (Lipinski definition) is 0. The van der Waals surface area contributed by atoms with Crippen LogP contribution in [-0.2, 0) is 32.7 Å². The molecule has 0 aliphatic rings. The first-order valence-corrected chi connectivity index (χ1v) is 4.48. The summed E-state index contributed by atoms with van der Waals surface area (Å²) in [6.07, 6.45) is 0. The topological polar surface area (TPSA) is 41.3 Å². The van der Waals surface area contributed by atoms with Gasteiger partial charge in [-0.1, -0.05) is 42.7 Å². The van der Waals surface area contributed by atoms with Gasteiger partial charge in [0.05, 0.1) is 0 Å². The molecule has 4 heteroatoms. The molecule has 1 radical (unpaired) electrons. The van der Waals surface area contributed by atoms with Crippen LogP contribution in [0.15, 0.2) is 12.1 Å². The van der Waals surface area contributed by atoms with Gasteiger partial charge >= 0.3 is 0 Å². The van der Waals surface area contributed by atoms with Gasteiger partial charge in [0.2, 0.25) is 0 Å². The zero-order valence-corrected chi connectivity index (χ0v) is 12.4. The van der Waals surface area contributed by atoms with E-state index in [-0.39, 0.29) is 38.2 Å². The molecule has 0 amide bonds. The van der Waals surface area contributed by atoms with Gasteiger partial charge < -0.3 is 15.5 Å². The molecule has 0 N–H and O–H groups in total. The van der Waals surface area contributed by atoms with Crippen LogP contribution in [0, 0.1) is 13.8 Å². The van der Waals surface area contributed by atoms with Crippen molar-refractivity contribution in [3.05, 3.63) is 39.7 Å². The Hall–Kier alpha value is -0.146. The summed E-state index contributed by atoms with van der Waals surface area (Å²) in [5.74, 6) is 0. The molecule has 0 spiro atoms. The molecule has 0 bridgehead atoms. The predicted octanol–water partition coefficient (Wildman–Crippen LogP) is 2.37. The average Bonchev–Trinajstić information content (AvgIpc) is 2.16. The smallest absolute Gasteiger partial charge is 0 e. The fraction of sp³-hybridized carbons (Fsp3) is 0.500. The summed E-state index contributed by atoms with van der Waals surface area (Å²) in [7, 11) is 1.64. The third-order valence-electron chi connectivity index (χ3n) is 1.66. The van der Waals surface area contributed by atoms with Crippen molar-refractivity contribution in [3.63, 3.8) is 0 Å². The molecule has 0 aliphatic carbocycles. The molecule has 1 aromatic rings. The summed E-state index contributed by atoms with van der Waals surface area (Å²) in [4.78, 5) is 0. The molecule has 77 valence electrons. The minimum absolute atomic E-state index is 0. The van der Waals surface area contributed by atoms with Crippen LogP contribution in [0.5, 0.6) is 0 Å². The minimum atomic E-state index is 0. The van der Waals surface area contributed by atoms with Crippen LogP contribution in [0.2, 0.25) is 0 Å². The fourth-order valence-corrected chi connectivity index (χ4v) is 0.977. The van der Waals surface area contributed by atoms with Crippen LogP contribution in [0.1, 0.15) is 25.1 Å². The van der Waals surface area contributed by atoms with Crippen LogP contribution in [-0.4, -0.2) is 11.7 Å². The Bertz CT molecular complexity index is 318. The molecular formula is C10H17N3Y-2. The summed E-state index contributed by atoms with van der Waals surface area (Å²) in [5, 5.41) is 9.45. The van der Waals surface area contributed by atoms with Crippen molar-refractivity contribution < 1.29 is 32.7 Å². The number of aromatic nitrogens is 1. The van der Waals surface area contributed by atoms with Crippen LogP contribution in [0.25, 0.3) is 10.8 Å². The Labute approximate surface area is 111 Å². The zero-order valence-electron chi connectivity index (χ0n) is 9.57. The molecule has 0 aromatic carbocycles. The van der Waals surface area contributed by atoms with Gasteiger partial charge in [0, 0.05) is 32.7 Å². The molecular weight excluding hydrogens is 251 g/mol. The molecule has 0 fully saturated rings. The van der Waals surface area contributed by atoms with Crippen LogP contribution >= 0.6 is 0 Å². The Morgan fingerprint density at radius 3 is 2.07 bits per heavy atom. The molecule has 0 atom stereocenters. The second kappa shape index (κ2) is 8.19. The van der Waals surface area contributed by atoms with E-state index in [1.54, 1.807) is 7.05 Å². The van der Waals surface area contributed by atoms with E-state index in [2.05, 4.69) is 5.43 Å². The first-order valence-electron chi connectivity index (χ1n) is 4.48. The van der Waals surface area contributed by atoms with E-state index in [1.165, 1.54) is 4.68 Å². The number of hydrogen-bond acceptors (Lipinski definition) is 0. The molecule has 0 aliphatic heterocycles. The molecule has 1 heterocycles. The molecule has 0 saturated heterocycles. The normalized spacial score (nSPS) is 8.07.